The van der Waals surface area contributed by atoms with Crippen molar-refractivity contribution in [3.05, 3.63) is 200 Å². The van der Waals surface area contributed by atoms with Crippen LogP contribution in [0.1, 0.15) is 141 Å². The largest absolute Gasteiger partial charge is 0.253 e. The average Bonchev–Trinajstić information content (AvgIpc) is 1.04. The maximum atomic E-state index is 4.76. The first kappa shape index (κ1) is 74.8. The molecule has 0 bridgehead atoms. The highest BCUT2D eigenvalue weighted by molar-refractivity contribution is 6.91. The van der Waals surface area contributed by atoms with Gasteiger partial charge in [0.25, 0.3) is 0 Å². The Bertz CT molecular complexity index is 4870. The lowest BCUT2D eigenvalue weighted by Crippen LogP contribution is -2.43. The number of pyridine rings is 3. The molecule has 0 atom stereocenters. The zero-order chi connectivity index (χ0) is 76.3. The second-order valence-electron chi connectivity index (χ2n) is 30.9. The van der Waals surface area contributed by atoms with E-state index in [-0.39, 0.29) is 0 Å². The summed E-state index contributed by atoms with van der Waals surface area (Å²) in [7, 11) is -5.68. The van der Waals surface area contributed by atoms with Crippen molar-refractivity contribution in [2.45, 2.75) is 174 Å². The predicted octanol–water partition coefficient (Wildman–Crippen LogP) is 18.1. The molecule has 0 amide bonds. The first-order chi connectivity index (χ1) is 51.8. The van der Waals surface area contributed by atoms with Crippen molar-refractivity contribution in [1.82, 2.24) is 105 Å². The summed E-state index contributed by atoms with van der Waals surface area (Å²) in [6.07, 6.45) is 16.9. The second-order valence-corrected chi connectivity index (χ2v) is 47.6. The molecule has 13 aromatic rings. The van der Waals surface area contributed by atoms with E-state index in [1.54, 1.807) is 28.1 Å². The molecule has 0 aliphatic rings. The van der Waals surface area contributed by atoms with Crippen LogP contribution in [0.2, 0.25) is 49.9 Å². The molecule has 13 rings (SSSR count). The molecule has 4 aromatic carbocycles. The van der Waals surface area contributed by atoms with E-state index in [0.717, 1.165) is 84.6 Å². The van der Waals surface area contributed by atoms with Gasteiger partial charge < -0.3 is 0 Å². The first-order valence-electron chi connectivity index (χ1n) is 37.3. The molecule has 21 nitrogen and oxygen atoms in total. The summed E-state index contributed by atoms with van der Waals surface area (Å²) in [4.78, 5) is 14.3. The Kier molecular flexibility index (Phi) is 21.6. The standard InChI is InChI=1S/C84H93N21Si3/c1-55(2)106(56(3)4,57(5)6)40-37-64-19-34-76(85-46-64)82-52-103(97-91-82)73-28-22-70(23-29-73)100-49-79(88-94-100)67-43-68(80-50-101(95-89-80)71-24-30-74(31-25-71)104-53-83(92-98-104)77-35-20-65(47-86-77)38-41-107(58(7)8,59(9)10)60(11)12)45-69(44-67)81-51-102(96-90-81)72-26-32-75(33-27-72)105-54-84(93-99-105)78-36-21-66(48-87-78)39-42-108(61(13)14,62(15)16)63(17)18/h19-36,43-63H,1-18H3. The summed E-state index contributed by atoms with van der Waals surface area (Å²) in [6.45, 7) is 41.9. The maximum absolute atomic E-state index is 4.76. The third-order valence-corrected chi connectivity index (χ3v) is 40.7. The Morgan fingerprint density at radius 3 is 0.593 bits per heavy atom. The van der Waals surface area contributed by atoms with Crippen LogP contribution in [0.25, 0.3) is 102 Å². The fourth-order valence-electron chi connectivity index (χ4n) is 16.1. The van der Waals surface area contributed by atoms with Crippen LogP contribution in [0.15, 0.2) is 183 Å². The Hall–Kier alpha value is -11.5. The molecule has 24 heteroatoms. The highest BCUT2D eigenvalue weighted by Gasteiger charge is 2.44. The maximum Gasteiger partial charge on any atom is 0.146 e. The third-order valence-electron chi connectivity index (χ3n) is 21.9. The topological polar surface area (TPSA) is 223 Å². The van der Waals surface area contributed by atoms with Gasteiger partial charge in [0.15, 0.2) is 0 Å². The summed E-state index contributed by atoms with van der Waals surface area (Å²) < 4.78 is 10.4. The summed E-state index contributed by atoms with van der Waals surface area (Å²) in [6, 6.07) is 41.7. The third kappa shape index (κ3) is 15.0. The number of hydrogen-bond donors (Lipinski definition) is 0. The molecule has 0 radical (unpaired) electrons. The van der Waals surface area contributed by atoms with Crippen molar-refractivity contribution in [2.24, 2.45) is 0 Å². The van der Waals surface area contributed by atoms with Crippen molar-refractivity contribution < 1.29 is 0 Å². The van der Waals surface area contributed by atoms with Crippen LogP contribution in [0.4, 0.5) is 0 Å². The van der Waals surface area contributed by atoms with Crippen LogP contribution in [0.5, 0.6) is 0 Å². The van der Waals surface area contributed by atoms with Crippen LogP contribution in [0.3, 0.4) is 0 Å². The lowest BCUT2D eigenvalue weighted by atomic mass is 10.0. The van der Waals surface area contributed by atoms with Crippen molar-refractivity contribution in [3.63, 3.8) is 0 Å². The second kappa shape index (κ2) is 31.1. The lowest BCUT2D eigenvalue weighted by Gasteiger charge is -2.38. The Morgan fingerprint density at radius 2 is 0.417 bits per heavy atom. The minimum Gasteiger partial charge on any atom is -0.253 e. The average molecular weight is 1480 g/mol. The van der Waals surface area contributed by atoms with Gasteiger partial charge in [0.1, 0.15) is 58.4 Å². The normalized spacial score (nSPS) is 12.1. The molecule has 0 saturated heterocycles. The minimum absolute atomic E-state index is 0.544. The number of benzene rings is 4. The van der Waals surface area contributed by atoms with Gasteiger partial charge in [-0.25, -0.2) is 28.1 Å². The van der Waals surface area contributed by atoms with E-state index in [9.17, 15) is 0 Å². The molecule has 9 heterocycles. The van der Waals surface area contributed by atoms with Gasteiger partial charge in [0.05, 0.1) is 88.4 Å². The van der Waals surface area contributed by atoms with E-state index in [1.165, 1.54) is 0 Å². The van der Waals surface area contributed by atoms with Gasteiger partial charge in [0, 0.05) is 52.0 Å². The fourth-order valence-corrected chi connectivity index (χ4v) is 31.8. The lowest BCUT2D eigenvalue weighted by molar-refractivity contribution is 0.792. The minimum atomic E-state index is -1.89. The SMILES string of the molecule is CC(C)[Si](C#Cc1ccc(-c2cn(-c3ccc(-n4cc(-c5cc(-c6cn(-c7ccc(-n8cc(-c9ccc(C#C[Si](C(C)C)(C(C)C)C(C)C)cn9)nn8)cc7)nn6)cc(-c6cn(-c7ccc(-n8cc(-c9ccc(C#C[Si](C(C)C)(C(C)C)C(C)C)cn9)nn8)cc7)nn6)c5)nn4)cc3)nn2)nc1)(C(C)C)C(C)C. The molecule has 546 valence electrons. The number of nitrogens with zero attached hydrogens (tertiary/aromatic N) is 21. The van der Waals surface area contributed by atoms with Gasteiger partial charge in [-0.15, -0.1) is 47.2 Å². The van der Waals surface area contributed by atoms with Crippen LogP contribution >= 0.6 is 0 Å². The molecule has 0 unspecified atom stereocenters. The van der Waals surface area contributed by atoms with E-state index in [4.69, 9.17) is 30.2 Å². The molecule has 9 aromatic heterocycles. The smallest absolute Gasteiger partial charge is 0.146 e. The van der Waals surface area contributed by atoms with Crippen molar-refractivity contribution in [1.29, 1.82) is 0 Å². The molecule has 0 aliphatic carbocycles. The fraction of sp³-hybridized carbons (Fsp3) is 0.321. The first-order valence-corrected chi connectivity index (χ1v) is 44.0. The number of rotatable bonds is 21. The predicted molar refractivity (Wildman–Crippen MR) is 436 cm³/mol. The Labute approximate surface area is 636 Å². The van der Waals surface area contributed by atoms with Gasteiger partial charge in [-0.2, -0.15) is 0 Å². The number of aromatic nitrogens is 21. The monoisotopic (exact) mass is 1480 g/mol. The van der Waals surface area contributed by atoms with E-state index >= 15 is 0 Å². The van der Waals surface area contributed by atoms with E-state index in [0.29, 0.717) is 84.0 Å². The molecule has 0 N–H and O–H groups in total. The highest BCUT2D eigenvalue weighted by Crippen LogP contribution is 2.44. The van der Waals surface area contributed by atoms with Crippen LogP contribution in [0, 0.1) is 34.4 Å². The molecule has 108 heavy (non-hydrogen) atoms. The molecular weight excluding hydrogens is 1390 g/mol. The zero-order valence-electron chi connectivity index (χ0n) is 64.9. The summed E-state index contributed by atoms with van der Waals surface area (Å²) in [5.74, 6) is 10.5. The summed E-state index contributed by atoms with van der Waals surface area (Å²) >= 11 is 0. The molecule has 0 spiro atoms. The molecule has 0 fully saturated rings. The Morgan fingerprint density at radius 1 is 0.231 bits per heavy atom. The highest BCUT2D eigenvalue weighted by atomic mass is 28.3. The Balaban J connectivity index is 0.744. The molecule has 0 saturated carbocycles. The van der Waals surface area contributed by atoms with Crippen molar-refractivity contribution in [3.8, 4) is 136 Å². The molecular formula is C84H93N21Si3. The van der Waals surface area contributed by atoms with Crippen LogP contribution in [-0.4, -0.2) is 129 Å². The van der Waals surface area contributed by atoms with Crippen LogP contribution in [-0.2, 0) is 0 Å². The quantitative estimate of drug-likeness (QED) is 0.0482. The summed E-state index contributed by atoms with van der Waals surface area (Å²) in [5, 5.41) is 55.0. The van der Waals surface area contributed by atoms with E-state index in [1.807, 2.05) is 183 Å². The van der Waals surface area contributed by atoms with Gasteiger partial charge >= 0.3 is 0 Å². The van der Waals surface area contributed by atoms with Gasteiger partial charge in [-0.3, -0.25) is 15.0 Å². The summed E-state index contributed by atoms with van der Waals surface area (Å²) in [5.41, 5.74) is 32.1. The van der Waals surface area contributed by atoms with Gasteiger partial charge in [-0.05, 0) is 177 Å². The molecule has 0 aliphatic heterocycles. The zero-order valence-corrected chi connectivity index (χ0v) is 67.9. The number of hydrogen-bond acceptors (Lipinski definition) is 15. The van der Waals surface area contributed by atoms with E-state index < -0.39 is 24.2 Å². The van der Waals surface area contributed by atoms with Crippen molar-refractivity contribution in [2.75, 3.05) is 0 Å². The van der Waals surface area contributed by atoms with Crippen molar-refractivity contribution >= 4 is 24.2 Å². The van der Waals surface area contributed by atoms with Gasteiger partial charge in [0.2, 0.25) is 0 Å². The van der Waals surface area contributed by atoms with E-state index in [2.05, 4.69) is 206 Å². The van der Waals surface area contributed by atoms with Crippen LogP contribution < -0.4 is 0 Å². The van der Waals surface area contributed by atoms with Gasteiger partial charge in [-0.1, -0.05) is 174 Å².